The lowest BCUT2D eigenvalue weighted by Crippen LogP contribution is -2.28. The highest BCUT2D eigenvalue weighted by Gasteiger charge is 2.46. The van der Waals surface area contributed by atoms with Crippen LogP contribution in [0.2, 0.25) is 0 Å². The Hall–Kier alpha value is -7.22. The van der Waals surface area contributed by atoms with Crippen molar-refractivity contribution in [3.8, 4) is 22.3 Å². The van der Waals surface area contributed by atoms with Crippen LogP contribution in [0, 0.1) is 0 Å². The summed E-state index contributed by atoms with van der Waals surface area (Å²) in [4.78, 5) is 2.40. The molecule has 1 nitrogen and oxygen atoms in total. The van der Waals surface area contributed by atoms with Crippen molar-refractivity contribution in [1.29, 1.82) is 0 Å². The molecule has 56 heavy (non-hydrogen) atoms. The van der Waals surface area contributed by atoms with Crippen molar-refractivity contribution in [3.05, 3.63) is 247 Å². The number of fused-ring (bicyclic) bond motifs is 6. The highest BCUT2D eigenvalue weighted by atomic mass is 15.1. The fourth-order valence-corrected chi connectivity index (χ4v) is 9.28. The van der Waals surface area contributed by atoms with Crippen LogP contribution in [0.3, 0.4) is 0 Å². The average Bonchev–Trinajstić information content (AvgIpc) is 3.57. The van der Waals surface area contributed by atoms with Crippen LogP contribution in [-0.4, -0.2) is 0 Å². The molecule has 0 aliphatic heterocycles. The van der Waals surface area contributed by atoms with Crippen LogP contribution in [0.4, 0.5) is 17.1 Å². The molecule has 0 aromatic heterocycles. The van der Waals surface area contributed by atoms with Crippen LogP contribution >= 0.6 is 0 Å². The molecule has 0 spiro atoms. The molecule has 262 valence electrons. The van der Waals surface area contributed by atoms with Crippen molar-refractivity contribution in [2.24, 2.45) is 0 Å². The second-order valence-corrected chi connectivity index (χ2v) is 14.9. The zero-order valence-electron chi connectivity index (χ0n) is 30.8. The molecular formula is C55H37N. The molecule has 0 heterocycles. The van der Waals surface area contributed by atoms with Crippen LogP contribution in [-0.2, 0) is 5.41 Å². The zero-order valence-corrected chi connectivity index (χ0v) is 30.8. The van der Waals surface area contributed by atoms with E-state index < -0.39 is 5.41 Å². The first-order valence-electron chi connectivity index (χ1n) is 19.4. The first-order valence-corrected chi connectivity index (χ1v) is 19.4. The molecule has 0 N–H and O–H groups in total. The van der Waals surface area contributed by atoms with Crippen LogP contribution in [0.1, 0.15) is 22.3 Å². The SMILES string of the molecule is c1cc(-c2cccc(C3(c4ccc5ccccc5c4)c4ccccc4-c4ccccc43)c2)cc(N(c2ccc3ccccc3c2)c2ccc3ccccc3c2)c1. The lowest BCUT2D eigenvalue weighted by Gasteiger charge is -2.34. The molecule has 1 aliphatic rings. The van der Waals surface area contributed by atoms with Gasteiger partial charge in [-0.1, -0.05) is 176 Å². The molecule has 0 amide bonds. The Bertz CT molecular complexity index is 2990. The zero-order chi connectivity index (χ0) is 37.1. The molecule has 0 unspecified atom stereocenters. The highest BCUT2D eigenvalue weighted by molar-refractivity contribution is 5.94. The Labute approximate surface area is 327 Å². The molecule has 0 saturated heterocycles. The molecule has 0 bridgehead atoms. The Kier molecular flexibility index (Phi) is 7.47. The number of benzene rings is 10. The van der Waals surface area contributed by atoms with E-state index in [1.54, 1.807) is 0 Å². The van der Waals surface area contributed by atoms with Crippen LogP contribution in [0.15, 0.2) is 224 Å². The van der Waals surface area contributed by atoms with Gasteiger partial charge in [0.1, 0.15) is 0 Å². The van der Waals surface area contributed by atoms with Gasteiger partial charge in [-0.05, 0) is 125 Å². The molecule has 0 radical (unpaired) electrons. The van der Waals surface area contributed by atoms with Gasteiger partial charge in [-0.3, -0.25) is 0 Å². The minimum Gasteiger partial charge on any atom is -0.310 e. The van der Waals surface area contributed by atoms with E-state index in [0.717, 1.165) is 17.1 Å². The topological polar surface area (TPSA) is 3.24 Å². The minimum atomic E-state index is -0.493. The summed E-state index contributed by atoms with van der Waals surface area (Å²) in [5, 5.41) is 7.40. The fraction of sp³-hybridized carbons (Fsp3) is 0.0182. The van der Waals surface area contributed by atoms with Gasteiger partial charge in [-0.25, -0.2) is 0 Å². The summed E-state index contributed by atoms with van der Waals surface area (Å²) in [6.45, 7) is 0. The van der Waals surface area contributed by atoms with Crippen molar-refractivity contribution in [3.63, 3.8) is 0 Å². The van der Waals surface area contributed by atoms with E-state index in [-0.39, 0.29) is 0 Å². The van der Waals surface area contributed by atoms with Gasteiger partial charge < -0.3 is 4.90 Å². The average molecular weight is 712 g/mol. The lowest BCUT2D eigenvalue weighted by molar-refractivity contribution is 0.770. The van der Waals surface area contributed by atoms with Crippen molar-refractivity contribution in [1.82, 2.24) is 0 Å². The molecule has 11 rings (SSSR count). The van der Waals surface area contributed by atoms with Crippen LogP contribution in [0.5, 0.6) is 0 Å². The van der Waals surface area contributed by atoms with Gasteiger partial charge in [0.2, 0.25) is 0 Å². The predicted molar refractivity (Wildman–Crippen MR) is 236 cm³/mol. The fourth-order valence-electron chi connectivity index (χ4n) is 9.28. The standard InChI is InChI=1S/C55H37N/c1-4-16-41-33-47(30-27-38(41)13-1)55(53-25-9-7-23-51(53)52-24-8-10-26-54(52)55)46-21-11-19-42(34-46)45-20-12-22-48(37-45)56(49-31-28-39-14-2-5-17-43(39)35-49)50-32-29-40-15-3-6-18-44(40)36-50/h1-37H. The van der Waals surface area contributed by atoms with E-state index >= 15 is 0 Å². The van der Waals surface area contributed by atoms with Gasteiger partial charge in [0.25, 0.3) is 0 Å². The van der Waals surface area contributed by atoms with Crippen molar-refractivity contribution in [2.45, 2.75) is 5.41 Å². The summed E-state index contributed by atoms with van der Waals surface area (Å²) in [5.74, 6) is 0. The van der Waals surface area contributed by atoms with Gasteiger partial charge in [-0.2, -0.15) is 0 Å². The van der Waals surface area contributed by atoms with E-state index in [1.807, 2.05) is 0 Å². The van der Waals surface area contributed by atoms with Gasteiger partial charge >= 0.3 is 0 Å². The maximum Gasteiger partial charge on any atom is 0.0713 e. The van der Waals surface area contributed by atoms with E-state index in [9.17, 15) is 0 Å². The monoisotopic (exact) mass is 711 g/mol. The van der Waals surface area contributed by atoms with Crippen molar-refractivity contribution >= 4 is 49.4 Å². The van der Waals surface area contributed by atoms with Crippen molar-refractivity contribution in [2.75, 3.05) is 4.90 Å². The second-order valence-electron chi connectivity index (χ2n) is 14.9. The second kappa shape index (κ2) is 13.0. The normalized spacial score (nSPS) is 12.8. The summed E-state index contributed by atoms with van der Waals surface area (Å²) < 4.78 is 0. The smallest absolute Gasteiger partial charge is 0.0713 e. The molecule has 10 aromatic rings. The van der Waals surface area contributed by atoms with Crippen LogP contribution < -0.4 is 4.90 Å². The molecule has 0 fully saturated rings. The number of nitrogens with zero attached hydrogens (tertiary/aromatic N) is 1. The van der Waals surface area contributed by atoms with Gasteiger partial charge in [0.05, 0.1) is 5.41 Å². The summed E-state index contributed by atoms with van der Waals surface area (Å²) in [6.07, 6.45) is 0. The number of rotatable bonds is 6. The lowest BCUT2D eigenvalue weighted by atomic mass is 9.67. The number of hydrogen-bond acceptors (Lipinski definition) is 1. The molecule has 0 saturated carbocycles. The Morgan fingerprint density at radius 3 is 1.29 bits per heavy atom. The molecule has 1 aliphatic carbocycles. The largest absolute Gasteiger partial charge is 0.310 e. The first kappa shape index (κ1) is 32.2. The molecule has 10 aromatic carbocycles. The van der Waals surface area contributed by atoms with Gasteiger partial charge in [-0.15, -0.1) is 0 Å². The maximum absolute atomic E-state index is 2.43. The Balaban J connectivity index is 1.10. The first-order chi connectivity index (χ1) is 27.7. The van der Waals surface area contributed by atoms with Crippen molar-refractivity contribution < 1.29 is 0 Å². The molecule has 0 atom stereocenters. The predicted octanol–water partition coefficient (Wildman–Crippen LogP) is 14.6. The highest BCUT2D eigenvalue weighted by Crippen LogP contribution is 2.56. The summed E-state index contributed by atoms with van der Waals surface area (Å²) >= 11 is 0. The van der Waals surface area contributed by atoms with E-state index in [4.69, 9.17) is 0 Å². The minimum absolute atomic E-state index is 0.493. The van der Waals surface area contributed by atoms with E-state index in [2.05, 4.69) is 229 Å². The Morgan fingerprint density at radius 2 is 0.696 bits per heavy atom. The van der Waals surface area contributed by atoms with Crippen LogP contribution in [0.25, 0.3) is 54.6 Å². The van der Waals surface area contributed by atoms with Gasteiger partial charge in [0, 0.05) is 17.1 Å². The summed E-state index contributed by atoms with van der Waals surface area (Å²) in [5.41, 5.74) is 13.0. The number of hydrogen-bond donors (Lipinski definition) is 0. The van der Waals surface area contributed by atoms with E-state index in [0.29, 0.717) is 0 Å². The third-order valence-electron chi connectivity index (χ3n) is 11.9. The van der Waals surface area contributed by atoms with E-state index in [1.165, 1.54) is 76.8 Å². The number of anilines is 3. The molecular weight excluding hydrogens is 675 g/mol. The maximum atomic E-state index is 2.43. The Morgan fingerprint density at radius 1 is 0.268 bits per heavy atom. The molecule has 1 heteroatoms. The summed E-state index contributed by atoms with van der Waals surface area (Å²) in [7, 11) is 0. The van der Waals surface area contributed by atoms with Gasteiger partial charge in [0.15, 0.2) is 0 Å². The third-order valence-corrected chi connectivity index (χ3v) is 11.9. The quantitative estimate of drug-likeness (QED) is 0.166. The third kappa shape index (κ3) is 5.09. The summed E-state index contributed by atoms with van der Waals surface area (Å²) in [6, 6.07) is 82.8.